The summed E-state index contributed by atoms with van der Waals surface area (Å²) in [6.07, 6.45) is 2.81. The van der Waals surface area contributed by atoms with Crippen LogP contribution in [0.4, 0.5) is 0 Å². The molecule has 1 aromatic heterocycles. The average Bonchev–Trinajstić information content (AvgIpc) is 2.82. The number of hydrogen-bond acceptors (Lipinski definition) is 2. The topological polar surface area (TPSA) is 38.1 Å². The van der Waals surface area contributed by atoms with Crippen molar-refractivity contribution in [1.29, 1.82) is 0 Å². The van der Waals surface area contributed by atoms with Crippen molar-refractivity contribution < 1.29 is 4.79 Å². The van der Waals surface area contributed by atoms with E-state index >= 15 is 0 Å². The van der Waals surface area contributed by atoms with Gasteiger partial charge in [-0.3, -0.25) is 4.79 Å². The van der Waals surface area contributed by atoms with Crippen LogP contribution in [-0.4, -0.2) is 33.4 Å². The molecule has 1 aliphatic rings. The van der Waals surface area contributed by atoms with E-state index in [0.29, 0.717) is 18.2 Å². The number of carbonyl (C=O) groups excluding carboxylic acids is 1. The Balaban J connectivity index is 1.61. The Morgan fingerprint density at radius 3 is 2.54 bits per heavy atom. The van der Waals surface area contributed by atoms with E-state index in [2.05, 4.69) is 60.3 Å². The van der Waals surface area contributed by atoms with E-state index in [4.69, 9.17) is 0 Å². The van der Waals surface area contributed by atoms with Gasteiger partial charge in [0.1, 0.15) is 5.82 Å². The number of carbonyl (C=O) groups is 1. The van der Waals surface area contributed by atoms with Crippen LogP contribution in [0.25, 0.3) is 11.0 Å². The Bertz CT molecular complexity index is 718. The zero-order valence-electron chi connectivity index (χ0n) is 15.4. The lowest BCUT2D eigenvalue weighted by atomic mass is 9.90. The first-order valence-electron chi connectivity index (χ1n) is 9.03. The van der Waals surface area contributed by atoms with Crippen LogP contribution in [0.1, 0.15) is 45.9 Å². The summed E-state index contributed by atoms with van der Waals surface area (Å²) in [4.78, 5) is 19.1. The van der Waals surface area contributed by atoms with Crippen molar-refractivity contribution in [3.63, 3.8) is 0 Å². The van der Waals surface area contributed by atoms with Gasteiger partial charge in [0.2, 0.25) is 5.91 Å². The van der Waals surface area contributed by atoms with Crippen LogP contribution < -0.4 is 0 Å². The van der Waals surface area contributed by atoms with Crippen LogP contribution in [0.2, 0.25) is 0 Å². The molecular formula is C20H29N3O. The van der Waals surface area contributed by atoms with Crippen molar-refractivity contribution in [2.45, 2.75) is 53.5 Å². The first-order valence-corrected chi connectivity index (χ1v) is 9.03. The van der Waals surface area contributed by atoms with Crippen LogP contribution in [0.15, 0.2) is 24.3 Å². The third-order valence-electron chi connectivity index (χ3n) is 4.93. The van der Waals surface area contributed by atoms with Crippen LogP contribution in [-0.2, 0) is 11.3 Å². The summed E-state index contributed by atoms with van der Waals surface area (Å²) in [6.45, 7) is 11.3. The Morgan fingerprint density at radius 2 is 1.88 bits per heavy atom. The minimum absolute atomic E-state index is 0.0702. The molecule has 0 bridgehead atoms. The minimum atomic E-state index is 0.0702. The van der Waals surface area contributed by atoms with Crippen LogP contribution in [0.3, 0.4) is 0 Å². The molecule has 0 spiro atoms. The summed E-state index contributed by atoms with van der Waals surface area (Å²) < 4.78 is 2.34. The van der Waals surface area contributed by atoms with Gasteiger partial charge in [0.05, 0.1) is 11.0 Å². The highest BCUT2D eigenvalue weighted by atomic mass is 16.2. The van der Waals surface area contributed by atoms with E-state index in [1.165, 1.54) is 5.52 Å². The van der Waals surface area contributed by atoms with Crippen molar-refractivity contribution in [2.75, 3.05) is 13.1 Å². The van der Waals surface area contributed by atoms with Gasteiger partial charge in [-0.2, -0.15) is 0 Å². The maximum Gasteiger partial charge on any atom is 0.223 e. The Hall–Kier alpha value is -1.84. The summed E-state index contributed by atoms with van der Waals surface area (Å²) in [5.41, 5.74) is 2.37. The second-order valence-electron chi connectivity index (χ2n) is 8.32. The molecule has 0 atom stereocenters. The number of para-hydroxylation sites is 2. The van der Waals surface area contributed by atoms with Gasteiger partial charge in [-0.05, 0) is 43.2 Å². The summed E-state index contributed by atoms with van der Waals surface area (Å²) in [5, 5.41) is 0. The molecule has 2 heterocycles. The van der Waals surface area contributed by atoms with Crippen molar-refractivity contribution in [3.8, 4) is 0 Å². The zero-order chi connectivity index (χ0) is 17.3. The number of piperidine rings is 1. The average molecular weight is 327 g/mol. The van der Waals surface area contributed by atoms with Crippen molar-refractivity contribution >= 4 is 16.9 Å². The molecule has 1 saturated heterocycles. The first-order chi connectivity index (χ1) is 11.3. The molecule has 4 nitrogen and oxygen atoms in total. The number of nitrogens with zero attached hydrogens (tertiary/aromatic N) is 3. The lowest BCUT2D eigenvalue weighted by Gasteiger charge is -2.34. The smallest absolute Gasteiger partial charge is 0.223 e. The molecule has 0 N–H and O–H groups in total. The molecule has 1 aromatic carbocycles. The number of likely N-dealkylation sites (tertiary alicyclic amines) is 1. The molecule has 1 amide bonds. The van der Waals surface area contributed by atoms with Gasteiger partial charge in [0.25, 0.3) is 0 Å². The summed E-state index contributed by atoms with van der Waals surface area (Å²) in [5.74, 6) is 2.02. The highest BCUT2D eigenvalue weighted by molar-refractivity contribution is 5.77. The van der Waals surface area contributed by atoms with E-state index < -0.39 is 0 Å². The molecule has 1 fully saturated rings. The lowest BCUT2D eigenvalue weighted by molar-refractivity contribution is -0.134. The highest BCUT2D eigenvalue weighted by Crippen LogP contribution is 2.26. The monoisotopic (exact) mass is 327 g/mol. The fraction of sp³-hybridized carbons (Fsp3) is 0.600. The molecular weight excluding hydrogens is 298 g/mol. The number of fused-ring (bicyclic) bond motifs is 1. The number of benzene rings is 1. The molecule has 0 unspecified atom stereocenters. The van der Waals surface area contributed by atoms with Gasteiger partial charge in [-0.15, -0.1) is 0 Å². The second-order valence-corrected chi connectivity index (χ2v) is 8.32. The van der Waals surface area contributed by atoms with E-state index in [9.17, 15) is 4.79 Å². The molecule has 130 valence electrons. The SMILES string of the molecule is Cc1nc2ccccc2n1CC1CCN(C(=O)CC(C)(C)C)CC1. The molecule has 0 radical (unpaired) electrons. The predicted molar refractivity (Wildman–Crippen MR) is 97.8 cm³/mol. The molecule has 0 saturated carbocycles. The lowest BCUT2D eigenvalue weighted by Crippen LogP contribution is -2.40. The van der Waals surface area contributed by atoms with Gasteiger partial charge in [-0.1, -0.05) is 32.9 Å². The standard InChI is InChI=1S/C20H29N3O/c1-15-21-17-7-5-6-8-18(17)23(15)14-16-9-11-22(12-10-16)19(24)13-20(2,3)4/h5-8,16H,9-14H2,1-4H3. The summed E-state index contributed by atoms with van der Waals surface area (Å²) in [7, 11) is 0. The zero-order valence-corrected chi connectivity index (χ0v) is 15.4. The van der Waals surface area contributed by atoms with E-state index in [1.54, 1.807) is 0 Å². The minimum Gasteiger partial charge on any atom is -0.343 e. The fourth-order valence-electron chi connectivity index (χ4n) is 3.62. The van der Waals surface area contributed by atoms with Gasteiger partial charge >= 0.3 is 0 Å². The number of aromatic nitrogens is 2. The Labute approximate surface area is 144 Å². The van der Waals surface area contributed by atoms with Crippen molar-refractivity contribution in [3.05, 3.63) is 30.1 Å². The summed E-state index contributed by atoms with van der Waals surface area (Å²) in [6, 6.07) is 8.34. The maximum atomic E-state index is 12.4. The molecule has 1 aliphatic heterocycles. The van der Waals surface area contributed by atoms with E-state index in [0.717, 1.165) is 43.8 Å². The van der Waals surface area contributed by atoms with E-state index in [-0.39, 0.29) is 5.41 Å². The number of imidazole rings is 1. The van der Waals surface area contributed by atoms with Gasteiger partial charge in [0.15, 0.2) is 0 Å². The molecule has 3 rings (SSSR count). The quantitative estimate of drug-likeness (QED) is 0.854. The van der Waals surface area contributed by atoms with Crippen LogP contribution in [0.5, 0.6) is 0 Å². The highest BCUT2D eigenvalue weighted by Gasteiger charge is 2.26. The largest absolute Gasteiger partial charge is 0.343 e. The van der Waals surface area contributed by atoms with Gasteiger partial charge < -0.3 is 9.47 Å². The number of hydrogen-bond donors (Lipinski definition) is 0. The molecule has 4 heteroatoms. The predicted octanol–water partition coefficient (Wildman–Crippen LogP) is 4.02. The Morgan fingerprint density at radius 1 is 1.21 bits per heavy atom. The third kappa shape index (κ3) is 3.80. The first kappa shape index (κ1) is 17.0. The summed E-state index contributed by atoms with van der Waals surface area (Å²) >= 11 is 0. The van der Waals surface area contributed by atoms with Crippen molar-refractivity contribution in [2.24, 2.45) is 11.3 Å². The second kappa shape index (κ2) is 6.58. The number of amides is 1. The van der Waals surface area contributed by atoms with Crippen LogP contribution in [0, 0.1) is 18.3 Å². The third-order valence-corrected chi connectivity index (χ3v) is 4.93. The van der Waals surface area contributed by atoms with E-state index in [1.807, 2.05) is 6.07 Å². The van der Waals surface area contributed by atoms with Crippen LogP contribution >= 0.6 is 0 Å². The fourth-order valence-corrected chi connectivity index (χ4v) is 3.62. The molecule has 24 heavy (non-hydrogen) atoms. The number of aryl methyl sites for hydroxylation is 1. The normalized spacial score (nSPS) is 16.8. The maximum absolute atomic E-state index is 12.4. The Kier molecular flexibility index (Phi) is 4.66. The van der Waals surface area contributed by atoms with Crippen molar-refractivity contribution in [1.82, 2.24) is 14.5 Å². The van der Waals surface area contributed by atoms with Gasteiger partial charge in [-0.25, -0.2) is 4.98 Å². The molecule has 2 aromatic rings. The number of rotatable bonds is 3. The molecule has 0 aliphatic carbocycles. The van der Waals surface area contributed by atoms with Gasteiger partial charge in [0, 0.05) is 26.1 Å².